The summed E-state index contributed by atoms with van der Waals surface area (Å²) < 4.78 is 16.0. The van der Waals surface area contributed by atoms with E-state index in [1.165, 1.54) is 33.5 Å². The van der Waals surface area contributed by atoms with E-state index in [0.717, 1.165) is 22.3 Å². The minimum Gasteiger partial charge on any atom is -0.493 e. The molecule has 0 aliphatic heterocycles. The average Bonchev–Trinajstić information content (AvgIpc) is 2.95. The maximum absolute atomic E-state index is 12.9. The van der Waals surface area contributed by atoms with Crippen molar-refractivity contribution < 1.29 is 23.8 Å². The second kappa shape index (κ2) is 11.7. The number of benzene rings is 4. The molecule has 0 amide bonds. The van der Waals surface area contributed by atoms with Gasteiger partial charge in [-0.3, -0.25) is 0 Å². The Morgan fingerprint density at radius 2 is 1.22 bits per heavy atom. The number of hydrogen-bond donors (Lipinski definition) is 0. The predicted molar refractivity (Wildman–Crippen MR) is 140 cm³/mol. The topological polar surface area (TPSA) is 66.4 Å². The van der Waals surface area contributed by atoms with Gasteiger partial charge in [-0.15, -0.1) is 0 Å². The molecule has 0 spiro atoms. The van der Waals surface area contributed by atoms with Crippen molar-refractivity contribution in [2.45, 2.75) is 6.42 Å². The zero-order chi connectivity index (χ0) is 25.3. The number of nitrogens with zero attached hydrogens (tertiary/aromatic N) is 1. The van der Waals surface area contributed by atoms with Crippen LogP contribution in [0.1, 0.15) is 21.5 Å². The van der Waals surface area contributed by atoms with Gasteiger partial charge in [-0.1, -0.05) is 90.1 Å². The Kier molecular flexibility index (Phi) is 7.98. The molecule has 182 valence electrons. The van der Waals surface area contributed by atoms with Gasteiger partial charge in [0.2, 0.25) is 5.75 Å². The molecule has 0 aromatic heterocycles. The summed E-state index contributed by atoms with van der Waals surface area (Å²) >= 11 is 0. The largest absolute Gasteiger partial charge is 0.493 e. The Bertz CT molecular complexity index is 1310. The van der Waals surface area contributed by atoms with Crippen molar-refractivity contribution in [1.82, 2.24) is 0 Å². The highest BCUT2D eigenvalue weighted by molar-refractivity contribution is 6.02. The van der Waals surface area contributed by atoms with Crippen molar-refractivity contribution in [2.24, 2.45) is 5.16 Å². The molecule has 0 radical (unpaired) electrons. The number of carbonyl (C=O) groups excluding carboxylic acids is 1. The van der Waals surface area contributed by atoms with E-state index in [9.17, 15) is 4.79 Å². The molecule has 0 bridgehead atoms. The number of hydrogen-bond acceptors (Lipinski definition) is 6. The number of rotatable bonds is 9. The molecule has 0 atom stereocenters. The Balaban J connectivity index is 1.63. The van der Waals surface area contributed by atoms with Gasteiger partial charge >= 0.3 is 5.97 Å². The zero-order valence-corrected chi connectivity index (χ0v) is 20.4. The van der Waals surface area contributed by atoms with E-state index < -0.39 is 5.97 Å². The number of carbonyl (C=O) groups is 1. The number of ether oxygens (including phenoxy) is 3. The minimum absolute atomic E-state index is 0.228. The van der Waals surface area contributed by atoms with Gasteiger partial charge in [-0.25, -0.2) is 4.79 Å². The third-order valence-corrected chi connectivity index (χ3v) is 5.68. The molecule has 6 nitrogen and oxygen atoms in total. The highest BCUT2D eigenvalue weighted by Crippen LogP contribution is 2.38. The van der Waals surface area contributed by atoms with Crippen LogP contribution in [0.3, 0.4) is 0 Å². The fourth-order valence-electron chi connectivity index (χ4n) is 3.81. The quantitative estimate of drug-likeness (QED) is 0.162. The van der Waals surface area contributed by atoms with Crippen molar-refractivity contribution in [3.63, 3.8) is 0 Å². The van der Waals surface area contributed by atoms with Crippen LogP contribution in [-0.2, 0) is 11.3 Å². The SMILES string of the molecule is COc1cc(C(=O)O/N=C(/Cc2ccccc2)c2ccc(-c3ccccc3)cc2)cc(OC)c1OC. The van der Waals surface area contributed by atoms with Gasteiger partial charge in [0.15, 0.2) is 11.5 Å². The maximum Gasteiger partial charge on any atom is 0.366 e. The van der Waals surface area contributed by atoms with Gasteiger partial charge in [0.25, 0.3) is 0 Å². The molecule has 0 aliphatic rings. The summed E-state index contributed by atoms with van der Waals surface area (Å²) in [6.45, 7) is 0. The first-order chi connectivity index (χ1) is 17.6. The van der Waals surface area contributed by atoms with E-state index in [4.69, 9.17) is 19.0 Å². The lowest BCUT2D eigenvalue weighted by Gasteiger charge is -2.13. The first-order valence-electron chi connectivity index (χ1n) is 11.4. The fraction of sp³-hybridized carbons (Fsp3) is 0.133. The van der Waals surface area contributed by atoms with Crippen molar-refractivity contribution in [2.75, 3.05) is 21.3 Å². The molecule has 4 aromatic rings. The third-order valence-electron chi connectivity index (χ3n) is 5.68. The van der Waals surface area contributed by atoms with E-state index in [-0.39, 0.29) is 5.56 Å². The molecule has 0 fully saturated rings. The van der Waals surface area contributed by atoms with Gasteiger partial charge in [0, 0.05) is 6.42 Å². The van der Waals surface area contributed by atoms with Gasteiger partial charge in [0.05, 0.1) is 32.6 Å². The summed E-state index contributed by atoms with van der Waals surface area (Å²) in [7, 11) is 4.48. The summed E-state index contributed by atoms with van der Waals surface area (Å²) in [5.41, 5.74) is 4.98. The lowest BCUT2D eigenvalue weighted by Crippen LogP contribution is -2.10. The van der Waals surface area contributed by atoms with E-state index in [1.807, 2.05) is 72.8 Å². The van der Waals surface area contributed by atoms with Gasteiger partial charge in [0.1, 0.15) is 0 Å². The summed E-state index contributed by atoms with van der Waals surface area (Å²) in [6.07, 6.45) is 0.494. The lowest BCUT2D eigenvalue weighted by molar-refractivity contribution is 0.0515. The first kappa shape index (κ1) is 24.5. The van der Waals surface area contributed by atoms with Gasteiger partial charge in [-0.2, -0.15) is 0 Å². The maximum atomic E-state index is 12.9. The normalized spacial score (nSPS) is 11.0. The summed E-state index contributed by atoms with van der Waals surface area (Å²) in [5.74, 6) is 0.464. The van der Waals surface area contributed by atoms with Crippen LogP contribution >= 0.6 is 0 Å². The molecule has 6 heteroatoms. The van der Waals surface area contributed by atoms with E-state index in [0.29, 0.717) is 29.4 Å². The number of methoxy groups -OCH3 is 3. The molecule has 0 saturated heterocycles. The van der Waals surface area contributed by atoms with Crippen LogP contribution in [0.15, 0.2) is 102 Å². The van der Waals surface area contributed by atoms with Gasteiger partial charge < -0.3 is 19.0 Å². The number of oxime groups is 1. The Morgan fingerprint density at radius 3 is 1.78 bits per heavy atom. The summed E-state index contributed by atoms with van der Waals surface area (Å²) in [5, 5.41) is 4.28. The molecule has 4 rings (SSSR count). The third kappa shape index (κ3) is 5.73. The van der Waals surface area contributed by atoms with Crippen LogP contribution < -0.4 is 14.2 Å². The molecule has 36 heavy (non-hydrogen) atoms. The van der Waals surface area contributed by atoms with Crippen LogP contribution in [-0.4, -0.2) is 33.0 Å². The molecule has 0 unspecified atom stereocenters. The van der Waals surface area contributed by atoms with Crippen molar-refractivity contribution in [1.29, 1.82) is 0 Å². The summed E-state index contributed by atoms with van der Waals surface area (Å²) in [4.78, 5) is 18.3. The molecule has 0 aliphatic carbocycles. The molecular formula is C30H27NO5. The van der Waals surface area contributed by atoms with Crippen LogP contribution in [0.4, 0.5) is 0 Å². The minimum atomic E-state index is -0.638. The second-order valence-electron chi connectivity index (χ2n) is 7.94. The smallest absolute Gasteiger partial charge is 0.366 e. The average molecular weight is 482 g/mol. The second-order valence-corrected chi connectivity index (χ2v) is 7.94. The molecule has 0 saturated carbocycles. The van der Waals surface area contributed by atoms with Crippen molar-refractivity contribution >= 4 is 11.7 Å². The van der Waals surface area contributed by atoms with E-state index in [1.54, 1.807) is 0 Å². The summed E-state index contributed by atoms with van der Waals surface area (Å²) in [6, 6.07) is 31.1. The van der Waals surface area contributed by atoms with Crippen LogP contribution in [0.25, 0.3) is 11.1 Å². The predicted octanol–water partition coefficient (Wildman–Crippen LogP) is 6.18. The lowest BCUT2D eigenvalue weighted by atomic mass is 9.99. The van der Waals surface area contributed by atoms with E-state index >= 15 is 0 Å². The standard InChI is InChI=1S/C30H27NO5/c1-33-27-19-25(20-28(34-2)29(27)35-3)30(32)36-31-26(18-21-10-6-4-7-11-21)24-16-14-23(15-17-24)22-12-8-5-9-13-22/h4-17,19-20H,18H2,1-3H3/b31-26-. The Labute approximate surface area is 210 Å². The molecule has 0 heterocycles. The van der Waals surface area contributed by atoms with Crippen LogP contribution in [0.2, 0.25) is 0 Å². The van der Waals surface area contributed by atoms with Crippen molar-refractivity contribution in [3.8, 4) is 28.4 Å². The monoisotopic (exact) mass is 481 g/mol. The van der Waals surface area contributed by atoms with Gasteiger partial charge in [-0.05, 0) is 34.4 Å². The van der Waals surface area contributed by atoms with E-state index in [2.05, 4.69) is 17.3 Å². The zero-order valence-electron chi connectivity index (χ0n) is 20.4. The molecule has 4 aromatic carbocycles. The first-order valence-corrected chi connectivity index (χ1v) is 11.4. The highest BCUT2D eigenvalue weighted by atomic mass is 16.7. The highest BCUT2D eigenvalue weighted by Gasteiger charge is 2.19. The van der Waals surface area contributed by atoms with Crippen LogP contribution in [0.5, 0.6) is 17.2 Å². The van der Waals surface area contributed by atoms with Crippen LogP contribution in [0, 0.1) is 0 Å². The Morgan fingerprint density at radius 1 is 0.667 bits per heavy atom. The van der Waals surface area contributed by atoms with Crippen molar-refractivity contribution in [3.05, 3.63) is 114 Å². The molecule has 0 N–H and O–H groups in total. The molecular weight excluding hydrogens is 454 g/mol. The fourth-order valence-corrected chi connectivity index (χ4v) is 3.81. The Hall–Kier alpha value is -4.58.